The van der Waals surface area contributed by atoms with Gasteiger partial charge in [0.05, 0.1) is 6.54 Å². The minimum atomic E-state index is 0.374. The molecular weight excluding hydrogens is 222 g/mol. The van der Waals surface area contributed by atoms with Gasteiger partial charge in [0.25, 0.3) is 0 Å². The van der Waals surface area contributed by atoms with Crippen molar-refractivity contribution in [2.45, 2.75) is 40.3 Å². The molecule has 1 aromatic heterocycles. The Labute approximate surface area is 108 Å². The SMILES string of the molecule is CC1(C)C(NCc2cc3ccccc3o2)C1(C)C. The smallest absolute Gasteiger partial charge is 0.134 e. The van der Waals surface area contributed by atoms with E-state index >= 15 is 0 Å². The lowest BCUT2D eigenvalue weighted by atomic mass is 10.0. The summed E-state index contributed by atoms with van der Waals surface area (Å²) in [4.78, 5) is 0. The Kier molecular flexibility index (Phi) is 2.36. The average Bonchev–Trinajstić information content (AvgIpc) is 2.66. The molecular formula is C16H21NO. The predicted octanol–water partition coefficient (Wildman–Crippen LogP) is 3.96. The summed E-state index contributed by atoms with van der Waals surface area (Å²) in [5, 5.41) is 4.80. The van der Waals surface area contributed by atoms with Gasteiger partial charge < -0.3 is 9.73 Å². The Bertz CT molecular complexity index is 533. The zero-order valence-electron chi connectivity index (χ0n) is 11.6. The number of furan rings is 1. The van der Waals surface area contributed by atoms with Crippen molar-refractivity contribution >= 4 is 11.0 Å². The van der Waals surface area contributed by atoms with Crippen LogP contribution >= 0.6 is 0 Å². The molecule has 1 N–H and O–H groups in total. The van der Waals surface area contributed by atoms with Crippen molar-refractivity contribution in [3.8, 4) is 0 Å². The van der Waals surface area contributed by atoms with E-state index in [4.69, 9.17) is 4.42 Å². The summed E-state index contributed by atoms with van der Waals surface area (Å²) in [6, 6.07) is 10.9. The van der Waals surface area contributed by atoms with Gasteiger partial charge in [-0.2, -0.15) is 0 Å². The Morgan fingerprint density at radius 1 is 1.11 bits per heavy atom. The highest BCUT2D eigenvalue weighted by Crippen LogP contribution is 2.62. The molecule has 2 aromatic rings. The van der Waals surface area contributed by atoms with E-state index in [0.29, 0.717) is 16.9 Å². The molecule has 1 saturated carbocycles. The molecule has 96 valence electrons. The van der Waals surface area contributed by atoms with Gasteiger partial charge in [-0.3, -0.25) is 0 Å². The third-order valence-corrected chi connectivity index (χ3v) is 4.98. The maximum absolute atomic E-state index is 5.82. The van der Waals surface area contributed by atoms with Crippen LogP contribution in [0.4, 0.5) is 0 Å². The molecule has 0 atom stereocenters. The van der Waals surface area contributed by atoms with Crippen LogP contribution in [0.2, 0.25) is 0 Å². The van der Waals surface area contributed by atoms with Crippen LogP contribution in [0.3, 0.4) is 0 Å². The maximum Gasteiger partial charge on any atom is 0.134 e. The first kappa shape index (κ1) is 11.8. The molecule has 0 spiro atoms. The minimum absolute atomic E-state index is 0.374. The number of hydrogen-bond acceptors (Lipinski definition) is 2. The molecule has 1 heterocycles. The lowest BCUT2D eigenvalue weighted by molar-refractivity contribution is 0.457. The highest BCUT2D eigenvalue weighted by atomic mass is 16.3. The van der Waals surface area contributed by atoms with Gasteiger partial charge in [-0.1, -0.05) is 45.9 Å². The average molecular weight is 243 g/mol. The molecule has 1 aromatic carbocycles. The second kappa shape index (κ2) is 3.61. The standard InChI is InChI=1S/C16H21NO/c1-15(2)14(16(15,3)4)17-10-12-9-11-7-5-6-8-13(11)18-12/h5-9,14,17H,10H2,1-4H3. The third-order valence-electron chi connectivity index (χ3n) is 4.98. The van der Waals surface area contributed by atoms with Gasteiger partial charge in [-0.15, -0.1) is 0 Å². The summed E-state index contributed by atoms with van der Waals surface area (Å²) >= 11 is 0. The molecule has 18 heavy (non-hydrogen) atoms. The van der Waals surface area contributed by atoms with Crippen molar-refractivity contribution in [2.75, 3.05) is 0 Å². The van der Waals surface area contributed by atoms with Crippen LogP contribution in [0.5, 0.6) is 0 Å². The number of rotatable bonds is 3. The van der Waals surface area contributed by atoms with Gasteiger partial charge in [-0.25, -0.2) is 0 Å². The lowest BCUT2D eigenvalue weighted by Gasteiger charge is -2.03. The van der Waals surface area contributed by atoms with Gasteiger partial charge in [-0.05, 0) is 23.0 Å². The van der Waals surface area contributed by atoms with Crippen molar-refractivity contribution in [3.63, 3.8) is 0 Å². The molecule has 0 radical (unpaired) electrons. The number of benzene rings is 1. The lowest BCUT2D eigenvalue weighted by Crippen LogP contribution is -2.21. The van der Waals surface area contributed by atoms with Crippen LogP contribution in [0, 0.1) is 10.8 Å². The molecule has 2 nitrogen and oxygen atoms in total. The molecule has 1 aliphatic carbocycles. The van der Waals surface area contributed by atoms with E-state index in [0.717, 1.165) is 17.9 Å². The van der Waals surface area contributed by atoms with Crippen molar-refractivity contribution < 1.29 is 4.42 Å². The first-order valence-corrected chi connectivity index (χ1v) is 6.64. The molecule has 1 fully saturated rings. The molecule has 0 bridgehead atoms. The highest BCUT2D eigenvalue weighted by Gasteiger charge is 2.64. The number of fused-ring (bicyclic) bond motifs is 1. The molecule has 0 aliphatic heterocycles. The van der Waals surface area contributed by atoms with Crippen molar-refractivity contribution in [2.24, 2.45) is 10.8 Å². The van der Waals surface area contributed by atoms with E-state index in [1.807, 2.05) is 18.2 Å². The number of nitrogens with one attached hydrogen (secondary N) is 1. The van der Waals surface area contributed by atoms with Gasteiger partial charge in [0.2, 0.25) is 0 Å². The third kappa shape index (κ3) is 1.59. The second-order valence-corrected chi connectivity index (χ2v) is 6.51. The summed E-state index contributed by atoms with van der Waals surface area (Å²) in [7, 11) is 0. The Morgan fingerprint density at radius 2 is 1.78 bits per heavy atom. The molecule has 0 saturated heterocycles. The monoisotopic (exact) mass is 243 g/mol. The molecule has 0 unspecified atom stereocenters. The normalized spacial score (nSPS) is 21.3. The fraction of sp³-hybridized carbons (Fsp3) is 0.500. The second-order valence-electron chi connectivity index (χ2n) is 6.51. The molecule has 1 aliphatic rings. The van der Waals surface area contributed by atoms with Crippen LogP contribution in [-0.4, -0.2) is 6.04 Å². The minimum Gasteiger partial charge on any atom is -0.460 e. The molecule has 3 rings (SSSR count). The fourth-order valence-electron chi connectivity index (χ4n) is 3.03. The zero-order valence-corrected chi connectivity index (χ0v) is 11.6. The van der Waals surface area contributed by atoms with Gasteiger partial charge in [0, 0.05) is 11.4 Å². The zero-order chi connectivity index (χ0) is 13.0. The topological polar surface area (TPSA) is 25.2 Å². The Morgan fingerprint density at radius 3 is 2.39 bits per heavy atom. The fourth-order valence-corrected chi connectivity index (χ4v) is 3.03. The summed E-state index contributed by atoms with van der Waals surface area (Å²) in [6.45, 7) is 10.1. The van der Waals surface area contributed by atoms with E-state index in [1.54, 1.807) is 0 Å². The van der Waals surface area contributed by atoms with Crippen LogP contribution in [0.1, 0.15) is 33.5 Å². The van der Waals surface area contributed by atoms with Gasteiger partial charge in [0.1, 0.15) is 11.3 Å². The van der Waals surface area contributed by atoms with Crippen LogP contribution in [0.25, 0.3) is 11.0 Å². The largest absolute Gasteiger partial charge is 0.460 e. The first-order valence-electron chi connectivity index (χ1n) is 6.64. The summed E-state index contributed by atoms with van der Waals surface area (Å²) in [6.07, 6.45) is 0. The molecule has 0 amide bonds. The van der Waals surface area contributed by atoms with Crippen molar-refractivity contribution in [3.05, 3.63) is 36.1 Å². The quantitative estimate of drug-likeness (QED) is 0.882. The number of para-hydroxylation sites is 1. The van der Waals surface area contributed by atoms with Gasteiger partial charge in [0.15, 0.2) is 0 Å². The molecule has 2 heteroatoms. The Hall–Kier alpha value is -1.28. The summed E-state index contributed by atoms with van der Waals surface area (Å²) < 4.78 is 5.82. The van der Waals surface area contributed by atoms with Crippen LogP contribution in [0.15, 0.2) is 34.7 Å². The van der Waals surface area contributed by atoms with Crippen LogP contribution in [-0.2, 0) is 6.54 Å². The Balaban J connectivity index is 1.71. The van der Waals surface area contributed by atoms with Crippen molar-refractivity contribution in [1.82, 2.24) is 5.32 Å². The van der Waals surface area contributed by atoms with E-state index in [2.05, 4.69) is 45.1 Å². The predicted molar refractivity (Wildman–Crippen MR) is 74.4 cm³/mol. The van der Waals surface area contributed by atoms with Crippen LogP contribution < -0.4 is 5.32 Å². The number of hydrogen-bond donors (Lipinski definition) is 1. The van der Waals surface area contributed by atoms with E-state index in [-0.39, 0.29) is 0 Å². The highest BCUT2D eigenvalue weighted by molar-refractivity contribution is 5.77. The van der Waals surface area contributed by atoms with Crippen molar-refractivity contribution in [1.29, 1.82) is 0 Å². The van der Waals surface area contributed by atoms with Gasteiger partial charge >= 0.3 is 0 Å². The maximum atomic E-state index is 5.82. The van der Waals surface area contributed by atoms with E-state index < -0.39 is 0 Å². The van der Waals surface area contributed by atoms with E-state index in [1.165, 1.54) is 5.39 Å². The first-order chi connectivity index (χ1) is 8.43. The van der Waals surface area contributed by atoms with E-state index in [9.17, 15) is 0 Å². The summed E-state index contributed by atoms with van der Waals surface area (Å²) in [5.74, 6) is 1.02. The summed E-state index contributed by atoms with van der Waals surface area (Å²) in [5.41, 5.74) is 1.72.